The van der Waals surface area contributed by atoms with Gasteiger partial charge in [0.1, 0.15) is 11.5 Å². The maximum atomic E-state index is 11.7. The molecule has 0 radical (unpaired) electrons. The van der Waals surface area contributed by atoms with Gasteiger partial charge in [0.05, 0.1) is 0 Å². The van der Waals surface area contributed by atoms with Gasteiger partial charge in [-0.3, -0.25) is 9.59 Å². The standard InChI is InChI=1S/C11H10N4O2/c1-7-3-2-4-9(12-7)13-11(17)8-5-6-10(16)15-14-8/h2-6H,1H3,(H,15,16)(H,12,13,17). The summed E-state index contributed by atoms with van der Waals surface area (Å²) >= 11 is 0. The van der Waals surface area contributed by atoms with Crippen molar-refractivity contribution >= 4 is 11.7 Å². The lowest BCUT2D eigenvalue weighted by Crippen LogP contribution is -2.18. The smallest absolute Gasteiger partial charge is 0.277 e. The molecule has 1 amide bonds. The lowest BCUT2D eigenvalue weighted by Gasteiger charge is -2.03. The number of anilines is 1. The van der Waals surface area contributed by atoms with Crippen LogP contribution in [0.4, 0.5) is 5.82 Å². The molecule has 0 aromatic carbocycles. The highest BCUT2D eigenvalue weighted by Crippen LogP contribution is 2.05. The fourth-order valence-corrected chi connectivity index (χ4v) is 1.26. The van der Waals surface area contributed by atoms with Crippen LogP contribution in [0.2, 0.25) is 0 Å². The van der Waals surface area contributed by atoms with E-state index < -0.39 is 5.91 Å². The summed E-state index contributed by atoms with van der Waals surface area (Å²) in [7, 11) is 0. The van der Waals surface area contributed by atoms with E-state index in [1.165, 1.54) is 12.1 Å². The van der Waals surface area contributed by atoms with Gasteiger partial charge in [-0.05, 0) is 25.1 Å². The van der Waals surface area contributed by atoms with Gasteiger partial charge < -0.3 is 5.32 Å². The average Bonchev–Trinajstić information content (AvgIpc) is 2.29. The summed E-state index contributed by atoms with van der Waals surface area (Å²) in [6, 6.07) is 7.89. The van der Waals surface area contributed by atoms with Gasteiger partial charge in [0, 0.05) is 11.8 Å². The quantitative estimate of drug-likeness (QED) is 0.795. The molecule has 0 bridgehead atoms. The zero-order valence-corrected chi connectivity index (χ0v) is 9.10. The molecule has 2 heterocycles. The van der Waals surface area contributed by atoms with Crippen LogP contribution in [0.15, 0.2) is 35.1 Å². The number of nitrogens with one attached hydrogen (secondary N) is 2. The number of pyridine rings is 1. The summed E-state index contributed by atoms with van der Waals surface area (Å²) in [5.74, 6) is 0.0300. The molecule has 2 N–H and O–H groups in total. The van der Waals surface area contributed by atoms with Crippen LogP contribution in [0, 0.1) is 6.92 Å². The van der Waals surface area contributed by atoms with Gasteiger partial charge in [0.15, 0.2) is 0 Å². The fourth-order valence-electron chi connectivity index (χ4n) is 1.26. The Morgan fingerprint density at radius 2 is 2.12 bits per heavy atom. The highest BCUT2D eigenvalue weighted by Gasteiger charge is 2.08. The lowest BCUT2D eigenvalue weighted by molar-refractivity contribution is 0.102. The molecule has 2 aromatic rings. The molecule has 17 heavy (non-hydrogen) atoms. The Morgan fingerprint density at radius 1 is 1.29 bits per heavy atom. The Balaban J connectivity index is 2.17. The number of hydrogen-bond acceptors (Lipinski definition) is 4. The lowest BCUT2D eigenvalue weighted by atomic mass is 10.3. The minimum atomic E-state index is -0.417. The highest BCUT2D eigenvalue weighted by atomic mass is 16.2. The van der Waals surface area contributed by atoms with E-state index in [0.29, 0.717) is 5.82 Å². The molecule has 0 atom stereocenters. The van der Waals surface area contributed by atoms with Crippen LogP contribution in [-0.4, -0.2) is 21.1 Å². The van der Waals surface area contributed by atoms with Crippen molar-refractivity contribution < 1.29 is 4.79 Å². The van der Waals surface area contributed by atoms with E-state index in [2.05, 4.69) is 20.5 Å². The number of H-pyrrole nitrogens is 1. The van der Waals surface area contributed by atoms with Gasteiger partial charge in [0.2, 0.25) is 0 Å². The Hall–Kier alpha value is -2.50. The van der Waals surface area contributed by atoms with Crippen LogP contribution in [0.1, 0.15) is 16.2 Å². The van der Waals surface area contributed by atoms with Crippen molar-refractivity contribution in [1.82, 2.24) is 15.2 Å². The molecule has 6 heteroatoms. The van der Waals surface area contributed by atoms with Crippen molar-refractivity contribution in [1.29, 1.82) is 0 Å². The van der Waals surface area contributed by atoms with Gasteiger partial charge in [-0.1, -0.05) is 6.07 Å². The van der Waals surface area contributed by atoms with Crippen molar-refractivity contribution in [2.45, 2.75) is 6.92 Å². The fraction of sp³-hybridized carbons (Fsp3) is 0.0909. The van der Waals surface area contributed by atoms with Gasteiger partial charge in [-0.25, -0.2) is 10.1 Å². The number of nitrogens with zero attached hydrogens (tertiary/aromatic N) is 2. The van der Waals surface area contributed by atoms with E-state index in [1.54, 1.807) is 12.1 Å². The Bertz CT molecular complexity index is 586. The maximum absolute atomic E-state index is 11.7. The SMILES string of the molecule is Cc1cccc(NC(=O)c2ccc(=O)[nH]n2)n1. The van der Waals surface area contributed by atoms with Crippen LogP contribution in [0.5, 0.6) is 0 Å². The average molecular weight is 230 g/mol. The molecule has 0 saturated carbocycles. The first kappa shape index (κ1) is 11.0. The van der Waals surface area contributed by atoms with Crippen LogP contribution >= 0.6 is 0 Å². The first-order valence-electron chi connectivity index (χ1n) is 4.96. The number of hydrogen-bond donors (Lipinski definition) is 2. The first-order valence-corrected chi connectivity index (χ1v) is 4.96. The largest absolute Gasteiger partial charge is 0.305 e. The highest BCUT2D eigenvalue weighted by molar-refractivity contribution is 6.02. The number of rotatable bonds is 2. The molecule has 0 fully saturated rings. The number of carbonyl (C=O) groups is 1. The first-order chi connectivity index (χ1) is 8.15. The van der Waals surface area contributed by atoms with E-state index >= 15 is 0 Å². The molecule has 2 aromatic heterocycles. The van der Waals surface area contributed by atoms with E-state index in [9.17, 15) is 9.59 Å². The molecule has 6 nitrogen and oxygen atoms in total. The molecule has 0 spiro atoms. The second-order valence-corrected chi connectivity index (χ2v) is 3.42. The Kier molecular flexibility index (Phi) is 2.95. The molecule has 0 aliphatic rings. The number of aromatic nitrogens is 3. The third kappa shape index (κ3) is 2.75. The van der Waals surface area contributed by atoms with Crippen LogP contribution in [0.25, 0.3) is 0 Å². The summed E-state index contributed by atoms with van der Waals surface area (Å²) < 4.78 is 0. The zero-order valence-electron chi connectivity index (χ0n) is 9.10. The number of aromatic amines is 1. The predicted molar refractivity (Wildman–Crippen MR) is 61.8 cm³/mol. The summed E-state index contributed by atoms with van der Waals surface area (Å²) in [5.41, 5.74) is 0.584. The maximum Gasteiger partial charge on any atom is 0.277 e. The molecule has 2 rings (SSSR count). The second-order valence-electron chi connectivity index (χ2n) is 3.42. The number of amides is 1. The molecule has 0 aliphatic carbocycles. The summed E-state index contributed by atoms with van der Waals surface area (Å²) in [6.45, 7) is 1.83. The zero-order chi connectivity index (χ0) is 12.3. The molecule has 0 aliphatic heterocycles. The Morgan fingerprint density at radius 3 is 2.76 bits per heavy atom. The van der Waals surface area contributed by atoms with Crippen molar-refractivity contribution in [3.8, 4) is 0 Å². The minimum Gasteiger partial charge on any atom is -0.305 e. The third-order valence-corrected chi connectivity index (χ3v) is 2.04. The predicted octanol–water partition coefficient (Wildman–Crippen LogP) is 0.726. The third-order valence-electron chi connectivity index (χ3n) is 2.04. The molecule has 86 valence electrons. The normalized spacial score (nSPS) is 9.94. The van der Waals surface area contributed by atoms with Crippen molar-refractivity contribution in [2.75, 3.05) is 5.32 Å². The van der Waals surface area contributed by atoms with E-state index in [-0.39, 0.29) is 11.3 Å². The van der Waals surface area contributed by atoms with E-state index in [4.69, 9.17) is 0 Å². The van der Waals surface area contributed by atoms with Crippen LogP contribution in [0.3, 0.4) is 0 Å². The topological polar surface area (TPSA) is 87.7 Å². The molecule has 0 unspecified atom stereocenters. The van der Waals surface area contributed by atoms with Crippen molar-refractivity contribution in [2.24, 2.45) is 0 Å². The van der Waals surface area contributed by atoms with Gasteiger partial charge >= 0.3 is 0 Å². The summed E-state index contributed by atoms with van der Waals surface area (Å²) in [4.78, 5) is 26.6. The van der Waals surface area contributed by atoms with E-state index in [1.807, 2.05) is 13.0 Å². The van der Waals surface area contributed by atoms with Crippen LogP contribution < -0.4 is 10.9 Å². The summed E-state index contributed by atoms with van der Waals surface area (Å²) in [5, 5.41) is 8.39. The van der Waals surface area contributed by atoms with E-state index in [0.717, 1.165) is 5.69 Å². The monoisotopic (exact) mass is 230 g/mol. The number of aryl methyl sites for hydroxylation is 1. The summed E-state index contributed by atoms with van der Waals surface area (Å²) in [6.07, 6.45) is 0. The van der Waals surface area contributed by atoms with Crippen molar-refractivity contribution in [3.05, 3.63) is 52.1 Å². The molecular weight excluding hydrogens is 220 g/mol. The van der Waals surface area contributed by atoms with Crippen LogP contribution in [-0.2, 0) is 0 Å². The Labute approximate surface area is 96.7 Å². The minimum absolute atomic E-state index is 0.132. The molecule has 0 saturated heterocycles. The van der Waals surface area contributed by atoms with Gasteiger partial charge in [-0.15, -0.1) is 0 Å². The number of carbonyl (C=O) groups excluding carboxylic acids is 1. The van der Waals surface area contributed by atoms with Gasteiger partial charge in [0.25, 0.3) is 11.5 Å². The molecular formula is C11H10N4O2. The second kappa shape index (κ2) is 4.56. The van der Waals surface area contributed by atoms with Gasteiger partial charge in [-0.2, -0.15) is 5.10 Å². The van der Waals surface area contributed by atoms with Crippen molar-refractivity contribution in [3.63, 3.8) is 0 Å².